The molecule has 29 heavy (non-hydrogen) atoms. The van der Waals surface area contributed by atoms with E-state index in [1.165, 1.54) is 21.7 Å². The average Bonchev–Trinajstić information content (AvgIpc) is 3.08. The first-order valence-corrected chi connectivity index (χ1v) is 9.27. The Kier molecular flexibility index (Phi) is 6.21. The molecule has 1 aliphatic heterocycles. The van der Waals surface area contributed by atoms with E-state index in [1.54, 1.807) is 31.4 Å². The van der Waals surface area contributed by atoms with Gasteiger partial charge in [-0.2, -0.15) is 0 Å². The van der Waals surface area contributed by atoms with E-state index in [1.807, 2.05) is 0 Å². The predicted octanol–water partition coefficient (Wildman–Crippen LogP) is 3.22. The third kappa shape index (κ3) is 4.42. The standard InChI is InChI=1S/C21H22F2N4O2/c1-3-5-16(24-4-2)12-25-20(28)8-9-26-18-10-14(22)6-7-17(18)27-13-15(23)11-19(27)21(26)29/h3-7,11,13,18H,1,8-10,12H2,2H3,(H,25,28)/b16-5-,24-4?. The second-order valence-corrected chi connectivity index (χ2v) is 6.64. The number of aromatic nitrogens is 1. The van der Waals surface area contributed by atoms with E-state index in [0.29, 0.717) is 11.4 Å². The highest BCUT2D eigenvalue weighted by molar-refractivity contribution is 5.98. The summed E-state index contributed by atoms with van der Waals surface area (Å²) >= 11 is 0. The van der Waals surface area contributed by atoms with E-state index < -0.39 is 17.8 Å². The Morgan fingerprint density at radius 3 is 2.93 bits per heavy atom. The van der Waals surface area contributed by atoms with Gasteiger partial charge in [-0.1, -0.05) is 12.7 Å². The van der Waals surface area contributed by atoms with E-state index in [0.717, 1.165) is 6.07 Å². The van der Waals surface area contributed by atoms with Crippen molar-refractivity contribution in [3.63, 3.8) is 0 Å². The average molecular weight is 400 g/mol. The summed E-state index contributed by atoms with van der Waals surface area (Å²) in [5.74, 6) is -1.61. The first kappa shape index (κ1) is 20.4. The largest absolute Gasteiger partial charge is 0.350 e. The summed E-state index contributed by atoms with van der Waals surface area (Å²) in [6.45, 7) is 5.68. The van der Waals surface area contributed by atoms with Crippen LogP contribution in [0.2, 0.25) is 0 Å². The van der Waals surface area contributed by atoms with Crippen molar-refractivity contribution in [1.29, 1.82) is 0 Å². The summed E-state index contributed by atoms with van der Waals surface area (Å²) in [5, 5.41) is 2.74. The molecule has 2 amide bonds. The number of fused-ring (bicyclic) bond motifs is 3. The number of allylic oxidation sites excluding steroid dienone is 4. The summed E-state index contributed by atoms with van der Waals surface area (Å²) in [4.78, 5) is 30.7. The molecule has 1 unspecified atom stereocenters. The molecular formula is C21H22F2N4O2. The van der Waals surface area contributed by atoms with Crippen LogP contribution in [-0.2, 0) is 4.79 Å². The van der Waals surface area contributed by atoms with Crippen molar-refractivity contribution in [2.75, 3.05) is 13.1 Å². The molecule has 0 radical (unpaired) electrons. The molecule has 2 aliphatic rings. The van der Waals surface area contributed by atoms with Gasteiger partial charge in [-0.15, -0.1) is 0 Å². The number of hydrogen-bond donors (Lipinski definition) is 1. The van der Waals surface area contributed by atoms with Gasteiger partial charge in [0.1, 0.15) is 17.3 Å². The van der Waals surface area contributed by atoms with Gasteiger partial charge in [0, 0.05) is 43.6 Å². The van der Waals surface area contributed by atoms with Gasteiger partial charge in [0.15, 0.2) is 0 Å². The Morgan fingerprint density at radius 2 is 2.21 bits per heavy atom. The molecule has 0 spiro atoms. The zero-order valence-electron chi connectivity index (χ0n) is 16.1. The van der Waals surface area contributed by atoms with Crippen LogP contribution in [0.25, 0.3) is 5.70 Å². The lowest BCUT2D eigenvalue weighted by molar-refractivity contribution is -0.121. The number of hydrogen-bond acceptors (Lipinski definition) is 3. The van der Waals surface area contributed by atoms with Crippen molar-refractivity contribution >= 4 is 23.7 Å². The number of carbonyl (C=O) groups is 2. The molecule has 3 rings (SSSR count). The van der Waals surface area contributed by atoms with Crippen LogP contribution in [0, 0.1) is 5.82 Å². The van der Waals surface area contributed by atoms with Crippen LogP contribution in [0.1, 0.15) is 30.3 Å². The Morgan fingerprint density at radius 1 is 1.41 bits per heavy atom. The van der Waals surface area contributed by atoms with Crippen molar-refractivity contribution in [3.8, 4) is 0 Å². The minimum atomic E-state index is -0.583. The molecule has 1 atom stereocenters. The quantitative estimate of drug-likeness (QED) is 0.564. The number of halogens is 2. The Labute approximate surface area is 167 Å². The molecule has 0 saturated carbocycles. The minimum Gasteiger partial charge on any atom is -0.350 e. The summed E-state index contributed by atoms with van der Waals surface area (Å²) in [6, 6.07) is 0.566. The zero-order valence-corrected chi connectivity index (χ0v) is 16.1. The topological polar surface area (TPSA) is 66.7 Å². The van der Waals surface area contributed by atoms with Crippen LogP contribution in [0.4, 0.5) is 8.78 Å². The molecule has 1 aliphatic carbocycles. The summed E-state index contributed by atoms with van der Waals surface area (Å²) in [6.07, 6.45) is 8.98. The number of rotatable bonds is 7. The van der Waals surface area contributed by atoms with Gasteiger partial charge in [0.2, 0.25) is 5.91 Å². The number of carbonyl (C=O) groups excluding carboxylic acids is 2. The number of amides is 2. The van der Waals surface area contributed by atoms with Crippen LogP contribution in [0.15, 0.2) is 59.7 Å². The molecule has 1 N–H and O–H groups in total. The fourth-order valence-electron chi connectivity index (χ4n) is 3.46. The van der Waals surface area contributed by atoms with E-state index >= 15 is 0 Å². The molecule has 8 heteroatoms. The van der Waals surface area contributed by atoms with Crippen LogP contribution in [0.3, 0.4) is 0 Å². The fraction of sp³-hybridized carbons (Fsp3) is 0.286. The lowest BCUT2D eigenvalue weighted by Gasteiger charge is -2.39. The van der Waals surface area contributed by atoms with Gasteiger partial charge in [0.05, 0.1) is 18.3 Å². The van der Waals surface area contributed by atoms with Gasteiger partial charge in [0.25, 0.3) is 5.91 Å². The van der Waals surface area contributed by atoms with Gasteiger partial charge in [-0.3, -0.25) is 14.6 Å². The van der Waals surface area contributed by atoms with Crippen molar-refractivity contribution in [2.45, 2.75) is 25.8 Å². The number of aliphatic imine (C=N–C) groups is 1. The SMILES string of the molecule is C=C/C=C(/CNC(=O)CCN1C(=O)c2cc(F)cn2C2=CC=C(F)CC21)N=CC. The molecule has 6 nitrogen and oxygen atoms in total. The monoisotopic (exact) mass is 400 g/mol. The maximum atomic E-state index is 13.9. The Bertz CT molecular complexity index is 956. The minimum absolute atomic E-state index is 0.00410. The lowest BCUT2D eigenvalue weighted by Crippen LogP contribution is -2.48. The van der Waals surface area contributed by atoms with Crippen molar-refractivity contribution in [2.24, 2.45) is 4.99 Å². The lowest BCUT2D eigenvalue weighted by atomic mass is 9.98. The van der Waals surface area contributed by atoms with Crippen LogP contribution in [-0.4, -0.2) is 46.6 Å². The molecule has 0 bridgehead atoms. The third-order valence-electron chi connectivity index (χ3n) is 4.74. The second-order valence-electron chi connectivity index (χ2n) is 6.64. The van der Waals surface area contributed by atoms with E-state index in [2.05, 4.69) is 16.9 Å². The molecule has 0 saturated heterocycles. The highest BCUT2D eigenvalue weighted by Gasteiger charge is 2.38. The molecule has 152 valence electrons. The molecular weight excluding hydrogens is 378 g/mol. The highest BCUT2D eigenvalue weighted by atomic mass is 19.1. The molecule has 1 aromatic heterocycles. The fourth-order valence-corrected chi connectivity index (χ4v) is 3.46. The van der Waals surface area contributed by atoms with E-state index in [9.17, 15) is 18.4 Å². The van der Waals surface area contributed by atoms with Crippen LogP contribution in [0.5, 0.6) is 0 Å². The second kappa shape index (κ2) is 8.81. The van der Waals surface area contributed by atoms with Gasteiger partial charge < -0.3 is 14.8 Å². The highest BCUT2D eigenvalue weighted by Crippen LogP contribution is 2.34. The zero-order chi connectivity index (χ0) is 21.0. The number of nitrogens with one attached hydrogen (secondary N) is 1. The van der Waals surface area contributed by atoms with Gasteiger partial charge in [-0.05, 0) is 25.2 Å². The van der Waals surface area contributed by atoms with Gasteiger partial charge >= 0.3 is 0 Å². The molecule has 2 heterocycles. The summed E-state index contributed by atoms with van der Waals surface area (Å²) in [7, 11) is 0. The van der Waals surface area contributed by atoms with E-state index in [-0.39, 0.29) is 43.4 Å². The van der Waals surface area contributed by atoms with Crippen LogP contribution >= 0.6 is 0 Å². The maximum absolute atomic E-state index is 13.9. The molecule has 0 fully saturated rings. The Balaban J connectivity index is 1.71. The van der Waals surface area contributed by atoms with Crippen molar-refractivity contribution < 1.29 is 18.4 Å². The molecule has 1 aromatic rings. The third-order valence-corrected chi connectivity index (χ3v) is 4.74. The summed E-state index contributed by atoms with van der Waals surface area (Å²) in [5.41, 5.74) is 1.41. The van der Waals surface area contributed by atoms with Crippen molar-refractivity contribution in [1.82, 2.24) is 14.8 Å². The van der Waals surface area contributed by atoms with Crippen LogP contribution < -0.4 is 5.32 Å². The summed E-state index contributed by atoms with van der Waals surface area (Å²) < 4.78 is 29.1. The maximum Gasteiger partial charge on any atom is 0.271 e. The van der Waals surface area contributed by atoms with Gasteiger partial charge in [-0.25, -0.2) is 8.78 Å². The smallest absolute Gasteiger partial charge is 0.271 e. The molecule has 0 aromatic carbocycles. The predicted molar refractivity (Wildman–Crippen MR) is 107 cm³/mol. The number of nitrogens with zero attached hydrogens (tertiary/aromatic N) is 3. The first-order valence-electron chi connectivity index (χ1n) is 9.27. The first-order chi connectivity index (χ1) is 13.9. The van der Waals surface area contributed by atoms with Crippen molar-refractivity contribution in [3.05, 3.63) is 66.2 Å². The normalized spacial score (nSPS) is 18.9. The Hall–Kier alpha value is -3.29. The van der Waals surface area contributed by atoms with E-state index in [4.69, 9.17) is 0 Å².